The number of carboxylic acid groups (broad SMARTS) is 1. The van der Waals surface area contributed by atoms with Crippen molar-refractivity contribution in [3.63, 3.8) is 0 Å². The third-order valence-corrected chi connectivity index (χ3v) is 7.03. The number of ether oxygens (including phenoxy) is 1. The molecule has 3 aromatic carbocycles. The number of aryl methyl sites for hydroxylation is 1. The lowest BCUT2D eigenvalue weighted by atomic mass is 9.83. The van der Waals surface area contributed by atoms with Gasteiger partial charge in [0.05, 0.1) is 5.60 Å². The van der Waals surface area contributed by atoms with E-state index in [-0.39, 0.29) is 24.2 Å². The molecule has 1 aliphatic heterocycles. The SMILES string of the molecule is Cc1ccc(-c2c(C)c3c(c(C)c2[C@H](OC(C)(C)C)C(=O)O)CN(C(=O)c2cc(F)cc(C(N)=O)c2)C3)cc1. The van der Waals surface area contributed by atoms with Crippen LogP contribution in [0, 0.1) is 26.6 Å². The summed E-state index contributed by atoms with van der Waals surface area (Å²) in [6.45, 7) is 11.6. The molecule has 0 unspecified atom stereocenters. The second-order valence-electron chi connectivity index (χ2n) is 11.1. The van der Waals surface area contributed by atoms with E-state index in [2.05, 4.69) is 0 Å². The summed E-state index contributed by atoms with van der Waals surface area (Å²) in [5, 5.41) is 10.3. The van der Waals surface area contributed by atoms with Crippen LogP contribution in [0.4, 0.5) is 4.39 Å². The zero-order chi connectivity index (χ0) is 28.8. The second-order valence-corrected chi connectivity index (χ2v) is 11.1. The van der Waals surface area contributed by atoms with Gasteiger partial charge in [-0.15, -0.1) is 0 Å². The molecule has 0 fully saturated rings. The maximum absolute atomic E-state index is 14.2. The Kier molecular flexibility index (Phi) is 7.36. The van der Waals surface area contributed by atoms with Gasteiger partial charge >= 0.3 is 5.97 Å². The van der Waals surface area contributed by atoms with Crippen LogP contribution >= 0.6 is 0 Å². The topological polar surface area (TPSA) is 110 Å². The lowest BCUT2D eigenvalue weighted by molar-refractivity contribution is -0.160. The molecule has 0 saturated carbocycles. The highest BCUT2D eigenvalue weighted by Crippen LogP contribution is 2.44. The summed E-state index contributed by atoms with van der Waals surface area (Å²) in [4.78, 5) is 39.3. The minimum atomic E-state index is -1.24. The molecule has 39 heavy (non-hydrogen) atoms. The lowest BCUT2D eigenvalue weighted by Gasteiger charge is -2.29. The average molecular weight is 533 g/mol. The number of amides is 2. The molecule has 0 saturated heterocycles. The number of carboxylic acids is 1. The Morgan fingerprint density at radius 3 is 2.05 bits per heavy atom. The first-order valence-electron chi connectivity index (χ1n) is 12.7. The van der Waals surface area contributed by atoms with Crippen LogP contribution < -0.4 is 5.73 Å². The Morgan fingerprint density at radius 1 is 0.949 bits per heavy atom. The van der Waals surface area contributed by atoms with Gasteiger partial charge in [0.2, 0.25) is 5.91 Å². The Hall–Kier alpha value is -4.04. The highest BCUT2D eigenvalue weighted by molar-refractivity contribution is 5.99. The van der Waals surface area contributed by atoms with E-state index in [0.717, 1.165) is 51.1 Å². The van der Waals surface area contributed by atoms with E-state index in [1.807, 2.05) is 65.8 Å². The van der Waals surface area contributed by atoms with Crippen LogP contribution in [-0.2, 0) is 22.6 Å². The van der Waals surface area contributed by atoms with Crippen molar-refractivity contribution in [3.05, 3.63) is 92.8 Å². The molecule has 1 heterocycles. The van der Waals surface area contributed by atoms with Crippen molar-refractivity contribution in [2.24, 2.45) is 5.73 Å². The number of benzene rings is 3. The zero-order valence-corrected chi connectivity index (χ0v) is 23.0. The Bertz CT molecular complexity index is 1490. The van der Waals surface area contributed by atoms with Gasteiger partial charge in [-0.05, 0) is 93.1 Å². The molecule has 3 N–H and O–H groups in total. The second kappa shape index (κ2) is 10.3. The van der Waals surface area contributed by atoms with Gasteiger partial charge < -0.3 is 20.5 Å². The van der Waals surface area contributed by atoms with Gasteiger partial charge in [-0.25, -0.2) is 9.18 Å². The van der Waals surface area contributed by atoms with Crippen LogP contribution in [0.25, 0.3) is 11.1 Å². The first kappa shape index (κ1) is 28.0. The number of carbonyl (C=O) groups is 3. The van der Waals surface area contributed by atoms with Crippen LogP contribution in [-0.4, -0.2) is 33.4 Å². The molecular weight excluding hydrogens is 499 g/mol. The maximum Gasteiger partial charge on any atom is 0.337 e. The number of halogens is 1. The van der Waals surface area contributed by atoms with Crippen LogP contribution in [0.2, 0.25) is 0 Å². The van der Waals surface area contributed by atoms with E-state index in [1.165, 1.54) is 6.07 Å². The maximum atomic E-state index is 14.2. The smallest absolute Gasteiger partial charge is 0.337 e. The fraction of sp³-hybridized carbons (Fsp3) is 0.323. The standard InChI is InChI=1S/C31H33FN2O5/c1-16-7-9-19(10-8-16)25-17(2)23-14-34(29(36)21-11-20(28(33)35)12-22(32)13-21)15-24(23)18(3)26(25)27(30(37)38)39-31(4,5)6/h7-13,27H,14-15H2,1-6H3,(H2,33,35)(H,37,38)/t27-/m0/s1. The monoisotopic (exact) mass is 532 g/mol. The third-order valence-electron chi connectivity index (χ3n) is 7.03. The van der Waals surface area contributed by atoms with E-state index in [9.17, 15) is 23.9 Å². The predicted octanol–water partition coefficient (Wildman–Crippen LogP) is 5.61. The number of rotatable bonds is 6. The van der Waals surface area contributed by atoms with Crippen molar-refractivity contribution in [2.45, 2.75) is 66.3 Å². The van der Waals surface area contributed by atoms with E-state index >= 15 is 0 Å². The van der Waals surface area contributed by atoms with Crippen molar-refractivity contribution in [1.82, 2.24) is 4.90 Å². The highest BCUT2D eigenvalue weighted by Gasteiger charge is 2.36. The summed E-state index contributed by atoms with van der Waals surface area (Å²) >= 11 is 0. The quantitative estimate of drug-likeness (QED) is 0.429. The fourth-order valence-corrected chi connectivity index (χ4v) is 5.21. The largest absolute Gasteiger partial charge is 0.479 e. The molecule has 8 heteroatoms. The number of hydrogen-bond donors (Lipinski definition) is 2. The van der Waals surface area contributed by atoms with Gasteiger partial charge in [0.25, 0.3) is 5.91 Å². The number of aliphatic carboxylic acids is 1. The zero-order valence-electron chi connectivity index (χ0n) is 23.0. The van der Waals surface area contributed by atoms with Crippen LogP contribution in [0.5, 0.6) is 0 Å². The predicted molar refractivity (Wildman–Crippen MR) is 146 cm³/mol. The Labute approximate surface area is 227 Å². The van der Waals surface area contributed by atoms with Crippen LogP contribution in [0.15, 0.2) is 42.5 Å². The van der Waals surface area contributed by atoms with Gasteiger partial charge in [0, 0.05) is 29.8 Å². The summed E-state index contributed by atoms with van der Waals surface area (Å²) in [6, 6.07) is 11.2. The van der Waals surface area contributed by atoms with Gasteiger partial charge in [0.1, 0.15) is 5.82 Å². The molecule has 3 aromatic rings. The molecule has 0 aromatic heterocycles. The number of hydrogen-bond acceptors (Lipinski definition) is 4. The lowest BCUT2D eigenvalue weighted by Crippen LogP contribution is -2.28. The molecule has 0 bridgehead atoms. The Morgan fingerprint density at radius 2 is 1.51 bits per heavy atom. The third kappa shape index (κ3) is 5.56. The average Bonchev–Trinajstić information content (AvgIpc) is 3.30. The van der Waals surface area contributed by atoms with Gasteiger partial charge in [0.15, 0.2) is 6.10 Å². The van der Waals surface area contributed by atoms with Crippen molar-refractivity contribution in [2.75, 3.05) is 0 Å². The minimum Gasteiger partial charge on any atom is -0.479 e. The number of fused-ring (bicyclic) bond motifs is 1. The van der Waals surface area contributed by atoms with E-state index < -0.39 is 35.3 Å². The number of nitrogens with two attached hydrogens (primary N) is 1. The Balaban J connectivity index is 1.88. The molecule has 0 radical (unpaired) electrons. The summed E-state index contributed by atoms with van der Waals surface area (Å²) in [6.07, 6.45) is -1.24. The molecule has 7 nitrogen and oxygen atoms in total. The highest BCUT2D eigenvalue weighted by atomic mass is 19.1. The first-order valence-corrected chi connectivity index (χ1v) is 12.7. The number of primary amides is 1. The van der Waals surface area contributed by atoms with Gasteiger partial charge in [-0.3, -0.25) is 9.59 Å². The molecule has 1 atom stereocenters. The minimum absolute atomic E-state index is 0.0189. The fourth-order valence-electron chi connectivity index (χ4n) is 5.21. The van der Waals surface area contributed by atoms with Gasteiger partial charge in [-0.1, -0.05) is 29.8 Å². The molecule has 2 amide bonds. The number of nitrogens with zero attached hydrogens (tertiary/aromatic N) is 1. The van der Waals surface area contributed by atoms with Crippen molar-refractivity contribution >= 4 is 17.8 Å². The molecule has 1 aliphatic rings. The molecule has 0 spiro atoms. The summed E-state index contributed by atoms with van der Waals surface area (Å²) < 4.78 is 20.3. The number of carbonyl (C=O) groups excluding carboxylic acids is 2. The van der Waals surface area contributed by atoms with E-state index in [0.29, 0.717) is 5.56 Å². The van der Waals surface area contributed by atoms with Crippen molar-refractivity contribution in [3.8, 4) is 11.1 Å². The van der Waals surface area contributed by atoms with E-state index in [1.54, 1.807) is 4.90 Å². The van der Waals surface area contributed by atoms with Crippen LogP contribution in [0.3, 0.4) is 0 Å². The van der Waals surface area contributed by atoms with Crippen LogP contribution in [0.1, 0.15) is 81.0 Å². The van der Waals surface area contributed by atoms with Crippen molar-refractivity contribution < 1.29 is 28.6 Å². The molecule has 4 rings (SSSR count). The molecule has 204 valence electrons. The van der Waals surface area contributed by atoms with Crippen molar-refractivity contribution in [1.29, 1.82) is 0 Å². The summed E-state index contributed by atoms with van der Waals surface area (Å²) in [5.41, 5.74) is 11.1. The molecular formula is C31H33FN2O5. The first-order chi connectivity index (χ1) is 18.2. The normalized spacial score (nSPS) is 13.8. The molecule has 0 aliphatic carbocycles. The van der Waals surface area contributed by atoms with Gasteiger partial charge in [-0.2, -0.15) is 0 Å². The summed E-state index contributed by atoms with van der Waals surface area (Å²) in [7, 11) is 0. The summed E-state index contributed by atoms with van der Waals surface area (Å²) in [5.74, 6) is -3.12. The van der Waals surface area contributed by atoms with E-state index in [4.69, 9.17) is 10.5 Å².